The van der Waals surface area contributed by atoms with Crippen LogP contribution in [0.15, 0.2) is 71.5 Å². The predicted octanol–water partition coefficient (Wildman–Crippen LogP) is 6.41. The van der Waals surface area contributed by atoms with E-state index in [1.165, 1.54) is 29.7 Å². The van der Waals surface area contributed by atoms with Crippen molar-refractivity contribution in [3.63, 3.8) is 0 Å². The van der Waals surface area contributed by atoms with Gasteiger partial charge in [-0.3, -0.25) is 4.79 Å². The molecule has 0 spiro atoms. The number of carbonyl (C=O) groups excluding carboxylic acids is 1. The third-order valence-corrected chi connectivity index (χ3v) is 5.80. The number of alkyl halides is 2. The van der Waals surface area contributed by atoms with Crippen LogP contribution in [0.1, 0.15) is 38.2 Å². The van der Waals surface area contributed by atoms with E-state index in [9.17, 15) is 13.6 Å². The molecule has 0 fully saturated rings. The minimum Gasteiger partial charge on any atom is -0.459 e. The van der Waals surface area contributed by atoms with Crippen LogP contribution in [-0.4, -0.2) is 17.5 Å². The van der Waals surface area contributed by atoms with Crippen molar-refractivity contribution in [2.45, 2.75) is 26.5 Å². The first-order chi connectivity index (χ1) is 15.9. The van der Waals surface area contributed by atoms with E-state index in [0.717, 1.165) is 21.6 Å². The molecule has 1 aromatic carbocycles. The zero-order chi connectivity index (χ0) is 23.4. The van der Waals surface area contributed by atoms with E-state index in [1.54, 1.807) is 30.5 Å². The number of amides is 1. The third kappa shape index (κ3) is 5.56. The van der Waals surface area contributed by atoms with Crippen molar-refractivity contribution in [1.29, 1.82) is 0 Å². The van der Waals surface area contributed by atoms with Crippen molar-refractivity contribution < 1.29 is 22.7 Å². The highest BCUT2D eigenvalue weighted by molar-refractivity contribution is 7.16. The molecule has 9 heteroatoms. The van der Waals surface area contributed by atoms with Crippen molar-refractivity contribution in [3.05, 3.63) is 94.4 Å². The number of ether oxygens (including phenoxy) is 1. The van der Waals surface area contributed by atoms with Crippen molar-refractivity contribution >= 4 is 28.1 Å². The van der Waals surface area contributed by atoms with E-state index >= 15 is 0 Å². The molecule has 3 aromatic heterocycles. The number of thiophene rings is 1. The highest BCUT2D eigenvalue weighted by Crippen LogP contribution is 2.38. The molecule has 0 bridgehead atoms. The number of carbonyl (C=O) groups is 1. The Hall–Kier alpha value is -3.72. The van der Waals surface area contributed by atoms with Crippen LogP contribution < -0.4 is 15.4 Å². The monoisotopic (exact) mass is 469 g/mol. The number of aryl methyl sites for hydroxylation is 2. The Morgan fingerprint density at radius 3 is 2.58 bits per heavy atom. The number of nitrogens with zero attached hydrogens (tertiary/aromatic N) is 1. The van der Waals surface area contributed by atoms with Gasteiger partial charge in [0.1, 0.15) is 16.6 Å². The molecular weight excluding hydrogens is 448 g/mol. The Morgan fingerprint density at radius 2 is 1.91 bits per heavy atom. The lowest BCUT2D eigenvalue weighted by molar-refractivity contribution is -0.0498. The van der Waals surface area contributed by atoms with Gasteiger partial charge in [-0.25, -0.2) is 4.98 Å². The summed E-state index contributed by atoms with van der Waals surface area (Å²) in [6.45, 7) is 1.00. The quantitative estimate of drug-likeness (QED) is 0.312. The van der Waals surface area contributed by atoms with Gasteiger partial charge in [0.15, 0.2) is 5.76 Å². The van der Waals surface area contributed by atoms with Gasteiger partial charge in [-0.1, -0.05) is 12.1 Å². The Kier molecular flexibility index (Phi) is 6.69. The molecule has 170 valence electrons. The molecule has 4 rings (SSSR count). The number of anilines is 2. The highest BCUT2D eigenvalue weighted by Gasteiger charge is 2.23. The molecule has 3 heterocycles. The average Bonchev–Trinajstić information content (AvgIpc) is 3.42. The third-order valence-electron chi connectivity index (χ3n) is 4.81. The molecule has 1 atom stereocenters. The lowest BCUT2D eigenvalue weighted by Crippen LogP contribution is -2.17. The molecule has 0 saturated carbocycles. The number of pyridine rings is 1. The van der Waals surface area contributed by atoms with Gasteiger partial charge in [0.05, 0.1) is 12.3 Å². The molecule has 0 aliphatic heterocycles. The predicted molar refractivity (Wildman–Crippen MR) is 123 cm³/mol. The highest BCUT2D eigenvalue weighted by atomic mass is 32.1. The number of benzene rings is 1. The van der Waals surface area contributed by atoms with Crippen LogP contribution in [0.25, 0.3) is 0 Å². The Balaban J connectivity index is 1.71. The SMILES string of the molecule is Cc1ccnc(N[C@H](c2ccc(OC(F)F)cc2)c2cc(C)sc2NC(=O)c2ccco2)c1. The summed E-state index contributed by atoms with van der Waals surface area (Å²) in [4.78, 5) is 18.0. The van der Waals surface area contributed by atoms with Gasteiger partial charge in [-0.05, 0) is 67.4 Å². The number of aromatic nitrogens is 1. The Labute approximate surface area is 193 Å². The number of furan rings is 1. The number of halogens is 2. The molecule has 4 aromatic rings. The largest absolute Gasteiger partial charge is 0.459 e. The van der Waals surface area contributed by atoms with Crippen LogP contribution in [0.5, 0.6) is 5.75 Å². The van der Waals surface area contributed by atoms with E-state index < -0.39 is 12.7 Å². The minimum absolute atomic E-state index is 0.0639. The summed E-state index contributed by atoms with van der Waals surface area (Å²) in [5, 5.41) is 6.97. The molecule has 2 N–H and O–H groups in total. The fourth-order valence-corrected chi connectivity index (χ4v) is 4.31. The van der Waals surface area contributed by atoms with Crippen LogP contribution >= 0.6 is 11.3 Å². The van der Waals surface area contributed by atoms with Crippen LogP contribution in [0, 0.1) is 13.8 Å². The second-order valence-electron chi connectivity index (χ2n) is 7.32. The second kappa shape index (κ2) is 9.83. The normalized spacial score (nSPS) is 11.9. The summed E-state index contributed by atoms with van der Waals surface area (Å²) < 4.78 is 34.8. The average molecular weight is 470 g/mol. The summed E-state index contributed by atoms with van der Waals surface area (Å²) in [5.74, 6) is 0.538. The van der Waals surface area contributed by atoms with Gasteiger partial charge in [-0.15, -0.1) is 11.3 Å². The molecule has 0 saturated heterocycles. The van der Waals surface area contributed by atoms with E-state index in [2.05, 4.69) is 20.4 Å². The van der Waals surface area contributed by atoms with E-state index in [0.29, 0.717) is 10.8 Å². The number of rotatable bonds is 8. The maximum Gasteiger partial charge on any atom is 0.387 e. The zero-order valence-electron chi connectivity index (χ0n) is 17.8. The first-order valence-corrected chi connectivity index (χ1v) is 10.9. The fraction of sp³-hybridized carbons (Fsp3) is 0.167. The fourth-order valence-electron chi connectivity index (χ4n) is 3.36. The smallest absolute Gasteiger partial charge is 0.387 e. The van der Waals surface area contributed by atoms with E-state index in [4.69, 9.17) is 4.42 Å². The van der Waals surface area contributed by atoms with Crippen LogP contribution in [0.4, 0.5) is 19.6 Å². The molecule has 6 nitrogen and oxygen atoms in total. The van der Waals surface area contributed by atoms with Gasteiger partial charge in [0.25, 0.3) is 5.91 Å². The molecule has 0 radical (unpaired) electrons. The molecular formula is C24H21F2N3O3S. The summed E-state index contributed by atoms with van der Waals surface area (Å²) in [6.07, 6.45) is 3.14. The van der Waals surface area contributed by atoms with Gasteiger partial charge in [-0.2, -0.15) is 8.78 Å². The standard InChI is InChI=1S/C24H21F2N3O3S/c1-14-9-10-27-20(12-14)28-21(16-5-7-17(8-6-16)32-24(25)26)18-13-15(2)33-23(18)29-22(30)19-4-3-11-31-19/h3-13,21,24H,1-2H3,(H,27,28)(H,29,30)/t21-/m1/s1. The van der Waals surface area contributed by atoms with Crippen molar-refractivity contribution in [1.82, 2.24) is 4.98 Å². The maximum atomic E-state index is 12.6. The summed E-state index contributed by atoms with van der Waals surface area (Å²) in [6, 6.07) is 15.0. The zero-order valence-corrected chi connectivity index (χ0v) is 18.7. The number of hydrogen-bond acceptors (Lipinski definition) is 6. The van der Waals surface area contributed by atoms with Gasteiger partial charge < -0.3 is 19.8 Å². The number of hydrogen-bond donors (Lipinski definition) is 2. The Bertz CT molecular complexity index is 1220. The molecule has 0 unspecified atom stereocenters. The van der Waals surface area contributed by atoms with E-state index in [-0.39, 0.29) is 17.4 Å². The first kappa shape index (κ1) is 22.5. The topological polar surface area (TPSA) is 76.4 Å². The van der Waals surface area contributed by atoms with Crippen molar-refractivity contribution in [2.24, 2.45) is 0 Å². The molecule has 33 heavy (non-hydrogen) atoms. The second-order valence-corrected chi connectivity index (χ2v) is 8.57. The maximum absolute atomic E-state index is 12.6. The summed E-state index contributed by atoms with van der Waals surface area (Å²) in [7, 11) is 0. The van der Waals surface area contributed by atoms with E-state index in [1.807, 2.05) is 32.0 Å². The summed E-state index contributed by atoms with van der Waals surface area (Å²) in [5.41, 5.74) is 2.62. The lowest BCUT2D eigenvalue weighted by Gasteiger charge is -2.21. The van der Waals surface area contributed by atoms with Gasteiger partial charge in [0.2, 0.25) is 0 Å². The Morgan fingerprint density at radius 1 is 1.12 bits per heavy atom. The minimum atomic E-state index is -2.90. The van der Waals surface area contributed by atoms with Crippen molar-refractivity contribution in [2.75, 3.05) is 10.6 Å². The van der Waals surface area contributed by atoms with Crippen LogP contribution in [0.3, 0.4) is 0 Å². The summed E-state index contributed by atoms with van der Waals surface area (Å²) >= 11 is 1.43. The van der Waals surface area contributed by atoms with Gasteiger partial charge >= 0.3 is 6.61 Å². The molecule has 0 aliphatic carbocycles. The lowest BCUT2D eigenvalue weighted by atomic mass is 9.99. The van der Waals surface area contributed by atoms with Crippen LogP contribution in [-0.2, 0) is 0 Å². The molecule has 0 aliphatic rings. The first-order valence-electron chi connectivity index (χ1n) is 10.1. The van der Waals surface area contributed by atoms with Gasteiger partial charge in [0, 0.05) is 16.6 Å². The van der Waals surface area contributed by atoms with Crippen molar-refractivity contribution in [3.8, 4) is 5.75 Å². The molecule has 1 amide bonds. The number of nitrogens with one attached hydrogen (secondary N) is 2. The van der Waals surface area contributed by atoms with Crippen LogP contribution in [0.2, 0.25) is 0 Å².